The van der Waals surface area contributed by atoms with E-state index in [4.69, 9.17) is 9.84 Å². The molecule has 27 heavy (non-hydrogen) atoms. The van der Waals surface area contributed by atoms with Crippen LogP contribution in [0.2, 0.25) is 0 Å². The van der Waals surface area contributed by atoms with Crippen molar-refractivity contribution in [3.8, 4) is 11.3 Å². The summed E-state index contributed by atoms with van der Waals surface area (Å²) in [6.07, 6.45) is 3.50. The highest BCUT2D eigenvalue weighted by Crippen LogP contribution is 2.21. The summed E-state index contributed by atoms with van der Waals surface area (Å²) < 4.78 is 28.9. The number of nitrogens with zero attached hydrogens (tertiary/aromatic N) is 2. The second-order valence-corrected chi connectivity index (χ2v) is 8.64. The Morgan fingerprint density at radius 2 is 1.85 bits per heavy atom. The van der Waals surface area contributed by atoms with Crippen molar-refractivity contribution in [3.63, 3.8) is 0 Å². The summed E-state index contributed by atoms with van der Waals surface area (Å²) in [4.78, 5) is 17.0. The van der Waals surface area contributed by atoms with Gasteiger partial charge in [-0.25, -0.2) is 13.2 Å². The molecule has 0 aliphatic carbocycles. The highest BCUT2D eigenvalue weighted by Gasteiger charge is 2.22. The second-order valence-electron chi connectivity index (χ2n) is 6.63. The molecule has 0 atom stereocenters. The molecular weight excluding hydrogens is 368 g/mol. The highest BCUT2D eigenvalue weighted by atomic mass is 32.2. The van der Waals surface area contributed by atoms with Crippen LogP contribution in [0.5, 0.6) is 0 Å². The topological polar surface area (TPSA) is 96.8 Å². The van der Waals surface area contributed by atoms with Gasteiger partial charge >= 0.3 is 6.09 Å². The molecular formula is C19H22N2O5S. The van der Waals surface area contributed by atoms with E-state index >= 15 is 0 Å². The number of amides is 1. The molecule has 0 saturated carbocycles. The van der Waals surface area contributed by atoms with Gasteiger partial charge in [-0.05, 0) is 36.6 Å². The third kappa shape index (κ3) is 5.05. The number of likely N-dealkylation sites (tertiary alicyclic amines) is 1. The van der Waals surface area contributed by atoms with Crippen LogP contribution in [0.1, 0.15) is 18.4 Å². The van der Waals surface area contributed by atoms with Crippen molar-refractivity contribution in [3.05, 3.63) is 48.2 Å². The summed E-state index contributed by atoms with van der Waals surface area (Å²) in [5, 5.41) is 8.95. The summed E-state index contributed by atoms with van der Waals surface area (Å²) >= 11 is 0. The van der Waals surface area contributed by atoms with Gasteiger partial charge in [-0.2, -0.15) is 0 Å². The lowest BCUT2D eigenvalue weighted by molar-refractivity contribution is 0.000281. The van der Waals surface area contributed by atoms with Crippen molar-refractivity contribution < 1.29 is 23.1 Å². The number of ether oxygens (including phenoxy) is 1. The molecule has 2 aromatic rings. The lowest BCUT2D eigenvalue weighted by atomic mass is 10.1. The minimum atomic E-state index is -3.21. The number of carboxylic acid groups (broad SMARTS) is 1. The third-order valence-corrected chi connectivity index (χ3v) is 5.73. The fourth-order valence-corrected chi connectivity index (χ4v) is 3.61. The number of pyridine rings is 1. The highest BCUT2D eigenvalue weighted by molar-refractivity contribution is 7.90. The number of aromatic nitrogens is 1. The van der Waals surface area contributed by atoms with Gasteiger partial charge in [0.15, 0.2) is 9.84 Å². The van der Waals surface area contributed by atoms with E-state index in [2.05, 4.69) is 4.98 Å². The lowest BCUT2D eigenvalue weighted by Gasteiger charge is -2.29. The van der Waals surface area contributed by atoms with Crippen molar-refractivity contribution in [2.75, 3.05) is 19.3 Å². The molecule has 1 aliphatic rings. The zero-order valence-electron chi connectivity index (χ0n) is 15.0. The van der Waals surface area contributed by atoms with E-state index in [1.165, 1.54) is 11.2 Å². The average molecular weight is 390 g/mol. The minimum Gasteiger partial charge on any atom is -0.465 e. The predicted octanol–water partition coefficient (Wildman–Crippen LogP) is 2.81. The average Bonchev–Trinajstić information content (AvgIpc) is 2.66. The van der Waals surface area contributed by atoms with Gasteiger partial charge in [-0.15, -0.1) is 0 Å². The van der Waals surface area contributed by atoms with Crippen molar-refractivity contribution in [1.82, 2.24) is 9.88 Å². The Kier molecular flexibility index (Phi) is 5.76. The van der Waals surface area contributed by atoms with E-state index in [0.29, 0.717) is 32.5 Å². The van der Waals surface area contributed by atoms with Gasteiger partial charge in [0.2, 0.25) is 0 Å². The van der Waals surface area contributed by atoms with Gasteiger partial charge in [-0.3, -0.25) is 4.98 Å². The van der Waals surface area contributed by atoms with Crippen LogP contribution in [0.25, 0.3) is 11.3 Å². The molecule has 1 aliphatic heterocycles. The maximum Gasteiger partial charge on any atom is 0.407 e. The summed E-state index contributed by atoms with van der Waals surface area (Å²) in [6.45, 7) is 1.43. The molecule has 1 N–H and O–H groups in total. The molecule has 0 bridgehead atoms. The number of piperidine rings is 1. The van der Waals surface area contributed by atoms with Gasteiger partial charge in [0.1, 0.15) is 0 Å². The quantitative estimate of drug-likeness (QED) is 0.843. The molecule has 0 spiro atoms. The van der Waals surface area contributed by atoms with Gasteiger partial charge < -0.3 is 14.7 Å². The molecule has 144 valence electrons. The number of sulfone groups is 1. The van der Waals surface area contributed by atoms with E-state index in [1.54, 1.807) is 30.5 Å². The van der Waals surface area contributed by atoms with E-state index in [-0.39, 0.29) is 11.0 Å². The van der Waals surface area contributed by atoms with E-state index < -0.39 is 15.9 Å². The molecule has 1 aromatic heterocycles. The van der Waals surface area contributed by atoms with E-state index in [1.807, 2.05) is 12.1 Å². The van der Waals surface area contributed by atoms with E-state index in [0.717, 1.165) is 16.8 Å². The molecule has 2 heterocycles. The van der Waals surface area contributed by atoms with Gasteiger partial charge in [0.05, 0.1) is 23.3 Å². The first kappa shape index (κ1) is 19.3. The lowest BCUT2D eigenvalue weighted by Crippen LogP contribution is -2.40. The Morgan fingerprint density at radius 3 is 2.37 bits per heavy atom. The first-order valence-corrected chi connectivity index (χ1v) is 10.6. The standard InChI is InChI=1S/C19H22N2O5S/c1-27(24,25)17-5-3-15(4-6-17)18-7-2-14(12-20-18)13-26-16-8-10-21(11-9-16)19(22)23/h2-7,12,16H,8-11,13H2,1H3,(H,22,23). The van der Waals surface area contributed by atoms with Crippen LogP contribution in [0, 0.1) is 0 Å². The number of hydrogen-bond donors (Lipinski definition) is 1. The van der Waals surface area contributed by atoms with Gasteiger partial charge in [-0.1, -0.05) is 18.2 Å². The molecule has 1 aromatic carbocycles. The van der Waals surface area contributed by atoms with Crippen molar-refractivity contribution in [2.24, 2.45) is 0 Å². The monoisotopic (exact) mass is 390 g/mol. The van der Waals surface area contributed by atoms with Crippen molar-refractivity contribution in [2.45, 2.75) is 30.4 Å². The Balaban J connectivity index is 1.55. The van der Waals surface area contributed by atoms with Crippen LogP contribution in [0.4, 0.5) is 4.79 Å². The van der Waals surface area contributed by atoms with Crippen LogP contribution >= 0.6 is 0 Å². The maximum atomic E-state index is 11.5. The Morgan fingerprint density at radius 1 is 1.19 bits per heavy atom. The number of carbonyl (C=O) groups is 1. The first-order valence-electron chi connectivity index (χ1n) is 8.68. The smallest absolute Gasteiger partial charge is 0.407 e. The Bertz CT molecular complexity index is 887. The number of hydrogen-bond acceptors (Lipinski definition) is 5. The second kappa shape index (κ2) is 8.06. The summed E-state index contributed by atoms with van der Waals surface area (Å²) in [7, 11) is -3.21. The summed E-state index contributed by atoms with van der Waals surface area (Å²) in [5.74, 6) is 0. The SMILES string of the molecule is CS(=O)(=O)c1ccc(-c2ccc(COC3CCN(C(=O)O)CC3)cn2)cc1. The first-order chi connectivity index (χ1) is 12.8. The number of rotatable bonds is 5. The van der Waals surface area contributed by atoms with Crippen LogP contribution in [0.15, 0.2) is 47.5 Å². The molecule has 1 fully saturated rings. The summed E-state index contributed by atoms with van der Waals surface area (Å²) in [6, 6.07) is 10.4. The zero-order valence-corrected chi connectivity index (χ0v) is 15.9. The predicted molar refractivity (Wildman–Crippen MR) is 100 cm³/mol. The van der Waals surface area contributed by atoms with Crippen molar-refractivity contribution >= 4 is 15.9 Å². The largest absolute Gasteiger partial charge is 0.465 e. The minimum absolute atomic E-state index is 0.0591. The van der Waals surface area contributed by atoms with Crippen LogP contribution in [-0.2, 0) is 21.2 Å². The molecule has 0 unspecified atom stereocenters. The van der Waals surface area contributed by atoms with Crippen LogP contribution in [0.3, 0.4) is 0 Å². The molecule has 8 heteroatoms. The molecule has 1 saturated heterocycles. The normalized spacial score (nSPS) is 15.7. The molecule has 7 nitrogen and oxygen atoms in total. The van der Waals surface area contributed by atoms with Crippen molar-refractivity contribution in [1.29, 1.82) is 0 Å². The van der Waals surface area contributed by atoms with E-state index in [9.17, 15) is 13.2 Å². The molecule has 3 rings (SSSR count). The Hall–Kier alpha value is -2.45. The van der Waals surface area contributed by atoms with Gasteiger partial charge in [0.25, 0.3) is 0 Å². The third-order valence-electron chi connectivity index (χ3n) is 4.60. The number of benzene rings is 1. The molecule has 0 radical (unpaired) electrons. The van der Waals surface area contributed by atoms with Crippen LogP contribution in [-0.4, -0.2) is 55.0 Å². The molecule has 1 amide bonds. The fourth-order valence-electron chi connectivity index (χ4n) is 2.98. The van der Waals surface area contributed by atoms with Crippen LogP contribution < -0.4 is 0 Å². The fraction of sp³-hybridized carbons (Fsp3) is 0.368. The summed E-state index contributed by atoms with van der Waals surface area (Å²) in [5.41, 5.74) is 2.54. The maximum absolute atomic E-state index is 11.5. The van der Waals surface area contributed by atoms with Gasteiger partial charge in [0, 0.05) is 31.1 Å². The zero-order chi connectivity index (χ0) is 19.4. The Labute approximate surface area is 158 Å².